The van der Waals surface area contributed by atoms with Crippen LogP contribution in [0, 0.1) is 0 Å². The van der Waals surface area contributed by atoms with E-state index in [2.05, 4.69) is 36.4 Å². The first-order valence-corrected chi connectivity index (χ1v) is 7.84. The lowest BCUT2D eigenvalue weighted by Gasteiger charge is -2.12. The van der Waals surface area contributed by atoms with Gasteiger partial charge in [0.15, 0.2) is 0 Å². The molecule has 0 N–H and O–H groups in total. The second kappa shape index (κ2) is 9.05. The molecule has 0 spiro atoms. The van der Waals surface area contributed by atoms with Crippen LogP contribution in [0.5, 0.6) is 0 Å². The first-order chi connectivity index (χ1) is 8.80. The summed E-state index contributed by atoms with van der Waals surface area (Å²) in [6.45, 7) is 7.86. The van der Waals surface area contributed by atoms with Gasteiger partial charge in [0.25, 0.3) is 0 Å². The Hall–Kier alpha value is -0.943. The molecule has 0 fully saturated rings. The van der Waals surface area contributed by atoms with Gasteiger partial charge >= 0.3 is 9.53 Å². The number of hydrogen-bond acceptors (Lipinski definition) is 3. The highest BCUT2D eigenvalue weighted by Crippen LogP contribution is 2.16. The fraction of sp³-hybridized carbons (Fsp3) is 0.429. The third kappa shape index (κ3) is 5.60. The monoisotopic (exact) mass is 266 g/mol. The number of rotatable bonds is 6. The van der Waals surface area contributed by atoms with Crippen molar-refractivity contribution in [3.8, 4) is 0 Å². The average Bonchev–Trinajstić information content (AvgIpc) is 2.70. The molecule has 0 heterocycles. The van der Waals surface area contributed by atoms with Crippen molar-refractivity contribution < 1.29 is 13.3 Å². The van der Waals surface area contributed by atoms with Crippen LogP contribution < -0.4 is 0 Å². The van der Waals surface area contributed by atoms with Crippen molar-refractivity contribution in [2.24, 2.45) is 0 Å². The molecule has 0 atom stereocenters. The summed E-state index contributed by atoms with van der Waals surface area (Å²) < 4.78 is 15.7. The molecule has 1 aromatic rings. The quantitative estimate of drug-likeness (QED) is 0.752. The van der Waals surface area contributed by atoms with Crippen molar-refractivity contribution in [3.05, 3.63) is 35.4 Å². The number of benzene rings is 1. The fourth-order valence-electron chi connectivity index (χ4n) is 1.51. The molecule has 4 heteroatoms. The molecule has 0 aromatic heterocycles. The van der Waals surface area contributed by atoms with Gasteiger partial charge in [0, 0.05) is 19.8 Å². The molecular formula is C14H22O3Si. The highest BCUT2D eigenvalue weighted by atomic mass is 28.3. The van der Waals surface area contributed by atoms with E-state index in [1.54, 1.807) is 0 Å². The molecule has 0 radical (unpaired) electrons. The Labute approximate surface area is 111 Å². The minimum Gasteiger partial charge on any atom is -0.376 e. The van der Waals surface area contributed by atoms with Gasteiger partial charge in [0.05, 0.1) is 0 Å². The topological polar surface area (TPSA) is 27.7 Å². The molecule has 1 aliphatic rings. The smallest absolute Gasteiger partial charge is 0.376 e. The summed E-state index contributed by atoms with van der Waals surface area (Å²) in [6.07, 6.45) is 4.24. The molecule has 0 saturated heterocycles. The van der Waals surface area contributed by atoms with Crippen molar-refractivity contribution in [2.45, 2.75) is 20.8 Å². The lowest BCUT2D eigenvalue weighted by atomic mass is 10.2. The van der Waals surface area contributed by atoms with Gasteiger partial charge in [-0.3, -0.25) is 0 Å². The lowest BCUT2D eigenvalue weighted by molar-refractivity contribution is 0.107. The first-order valence-electron chi connectivity index (χ1n) is 6.43. The highest BCUT2D eigenvalue weighted by molar-refractivity contribution is 6.36. The van der Waals surface area contributed by atoms with Crippen LogP contribution in [-0.4, -0.2) is 29.3 Å². The molecule has 0 saturated carbocycles. The summed E-state index contributed by atoms with van der Waals surface area (Å²) >= 11 is 0. The summed E-state index contributed by atoms with van der Waals surface area (Å²) in [5.41, 5.74) is 2.64. The molecule has 3 nitrogen and oxygen atoms in total. The molecule has 2 bridgehead atoms. The molecular weight excluding hydrogens is 244 g/mol. The van der Waals surface area contributed by atoms with E-state index in [1.165, 1.54) is 11.1 Å². The van der Waals surface area contributed by atoms with Gasteiger partial charge in [-0.1, -0.05) is 30.4 Å². The van der Waals surface area contributed by atoms with Crippen molar-refractivity contribution in [2.75, 3.05) is 19.8 Å². The summed E-state index contributed by atoms with van der Waals surface area (Å²) in [5.74, 6) is 0. The molecule has 2 rings (SSSR count). The zero-order chi connectivity index (χ0) is 13.2. The maximum atomic E-state index is 5.22. The van der Waals surface area contributed by atoms with Crippen LogP contribution in [-0.2, 0) is 13.3 Å². The average molecular weight is 266 g/mol. The SMILES string of the molecule is C1=Cc2cccc1c2.CCO[SiH](OCC)OCC. The summed E-state index contributed by atoms with van der Waals surface area (Å²) in [4.78, 5) is 0. The van der Waals surface area contributed by atoms with Gasteiger partial charge in [0.1, 0.15) is 0 Å². The summed E-state index contributed by atoms with van der Waals surface area (Å²) in [7, 11) is -1.73. The lowest BCUT2D eigenvalue weighted by Crippen LogP contribution is -2.27. The van der Waals surface area contributed by atoms with Crippen LogP contribution in [0.1, 0.15) is 31.9 Å². The van der Waals surface area contributed by atoms with E-state index in [0.717, 1.165) is 0 Å². The Balaban J connectivity index is 0.000000182. The standard InChI is InChI=1S/C8H6.C6H16O3Si/c1-2-7-4-5-8(3-1)6-7;1-4-7-10(8-5-2)9-6-3/h1-6H;10H,4-6H2,1-3H3. The van der Waals surface area contributed by atoms with Crippen molar-refractivity contribution in [3.63, 3.8) is 0 Å². The van der Waals surface area contributed by atoms with E-state index in [4.69, 9.17) is 13.3 Å². The third-order valence-corrected chi connectivity index (χ3v) is 4.10. The van der Waals surface area contributed by atoms with E-state index in [-0.39, 0.29) is 0 Å². The Kier molecular flexibility index (Phi) is 7.60. The van der Waals surface area contributed by atoms with Gasteiger partial charge < -0.3 is 13.3 Å². The molecule has 1 aromatic carbocycles. The van der Waals surface area contributed by atoms with Gasteiger partial charge in [-0.15, -0.1) is 0 Å². The van der Waals surface area contributed by atoms with Crippen molar-refractivity contribution >= 4 is 21.7 Å². The largest absolute Gasteiger partial charge is 0.484 e. The Morgan fingerprint density at radius 1 is 0.833 bits per heavy atom. The molecule has 0 amide bonds. The zero-order valence-electron chi connectivity index (χ0n) is 11.4. The number of fused-ring (bicyclic) bond motifs is 2. The predicted octanol–water partition coefficient (Wildman–Crippen LogP) is 2.98. The van der Waals surface area contributed by atoms with Crippen LogP contribution in [0.25, 0.3) is 12.2 Å². The third-order valence-electron chi connectivity index (χ3n) is 2.29. The molecule has 100 valence electrons. The second-order valence-electron chi connectivity index (χ2n) is 3.66. The van der Waals surface area contributed by atoms with Gasteiger partial charge in [0.2, 0.25) is 0 Å². The van der Waals surface area contributed by atoms with Crippen molar-refractivity contribution in [1.29, 1.82) is 0 Å². The van der Waals surface area contributed by atoms with Gasteiger partial charge in [-0.2, -0.15) is 0 Å². The van der Waals surface area contributed by atoms with Gasteiger partial charge in [-0.25, -0.2) is 0 Å². The zero-order valence-corrected chi connectivity index (χ0v) is 12.5. The number of hydrogen-bond donors (Lipinski definition) is 0. The van der Waals surface area contributed by atoms with E-state index in [1.807, 2.05) is 20.8 Å². The molecule has 1 aliphatic carbocycles. The molecule has 0 aliphatic heterocycles. The van der Waals surface area contributed by atoms with Crippen LogP contribution in [0.15, 0.2) is 24.3 Å². The molecule has 0 unspecified atom stereocenters. The summed E-state index contributed by atoms with van der Waals surface area (Å²) in [5, 5.41) is 0. The van der Waals surface area contributed by atoms with Crippen LogP contribution >= 0.6 is 0 Å². The van der Waals surface area contributed by atoms with Crippen LogP contribution in [0.2, 0.25) is 0 Å². The van der Waals surface area contributed by atoms with E-state index in [0.29, 0.717) is 19.8 Å². The van der Waals surface area contributed by atoms with Crippen molar-refractivity contribution in [1.82, 2.24) is 0 Å². The maximum absolute atomic E-state index is 5.22. The minimum atomic E-state index is -1.73. The normalized spacial score (nSPS) is 11.6. The Bertz CT molecular complexity index is 330. The second-order valence-corrected chi connectivity index (χ2v) is 5.24. The van der Waals surface area contributed by atoms with E-state index >= 15 is 0 Å². The molecule has 18 heavy (non-hydrogen) atoms. The maximum Gasteiger partial charge on any atom is 0.484 e. The Morgan fingerprint density at radius 2 is 1.28 bits per heavy atom. The Morgan fingerprint density at radius 3 is 1.61 bits per heavy atom. The van der Waals surface area contributed by atoms with E-state index < -0.39 is 9.53 Å². The van der Waals surface area contributed by atoms with Crippen LogP contribution in [0.4, 0.5) is 0 Å². The predicted molar refractivity (Wildman–Crippen MR) is 77.4 cm³/mol. The minimum absolute atomic E-state index is 0.677. The summed E-state index contributed by atoms with van der Waals surface area (Å²) in [6, 6.07) is 8.45. The highest BCUT2D eigenvalue weighted by Gasteiger charge is 2.11. The fourth-order valence-corrected chi connectivity index (χ4v) is 2.62. The first kappa shape index (κ1) is 15.1. The van der Waals surface area contributed by atoms with E-state index in [9.17, 15) is 0 Å². The van der Waals surface area contributed by atoms with Gasteiger partial charge in [-0.05, 0) is 38.0 Å². The van der Waals surface area contributed by atoms with Crippen LogP contribution in [0.3, 0.4) is 0 Å².